The molecule has 0 bridgehead atoms. The van der Waals surface area contributed by atoms with Crippen molar-refractivity contribution in [2.45, 2.75) is 19.1 Å². The van der Waals surface area contributed by atoms with Gasteiger partial charge in [-0.25, -0.2) is 0 Å². The van der Waals surface area contributed by atoms with E-state index in [1.165, 1.54) is 19.2 Å². The largest absolute Gasteiger partial charge is 0.504 e. The van der Waals surface area contributed by atoms with Crippen LogP contribution in [0.1, 0.15) is 16.7 Å². The molecule has 0 amide bonds. The van der Waals surface area contributed by atoms with E-state index in [-0.39, 0.29) is 5.75 Å². The quantitative estimate of drug-likeness (QED) is 0.718. The normalized spacial score (nSPS) is 15.4. The third-order valence-electron chi connectivity index (χ3n) is 5.12. The van der Waals surface area contributed by atoms with Gasteiger partial charge >= 0.3 is 6.18 Å². The van der Waals surface area contributed by atoms with Gasteiger partial charge in [0.25, 0.3) is 0 Å². The predicted octanol–water partition coefficient (Wildman–Crippen LogP) is 4.47. The number of rotatable bonds is 6. The lowest BCUT2D eigenvalue weighted by Crippen LogP contribution is -2.46. The zero-order valence-electron chi connectivity index (χ0n) is 16.4. The number of anilines is 1. The molecule has 1 fully saturated rings. The zero-order valence-corrected chi connectivity index (χ0v) is 16.4. The number of methoxy groups -OCH3 is 1. The smallest absolute Gasteiger partial charge is 0.416 e. The van der Waals surface area contributed by atoms with Crippen LogP contribution in [-0.2, 0) is 19.1 Å². The number of allylic oxidation sites excluding steroid dienone is 1. The molecule has 3 rings (SSSR count). The summed E-state index contributed by atoms with van der Waals surface area (Å²) in [5, 5.41) is 10.5. The molecule has 4 nitrogen and oxygen atoms in total. The van der Waals surface area contributed by atoms with Crippen molar-refractivity contribution < 1.29 is 23.0 Å². The minimum atomic E-state index is -4.34. The number of alkyl halides is 3. The van der Waals surface area contributed by atoms with Gasteiger partial charge in [0.15, 0.2) is 11.5 Å². The van der Waals surface area contributed by atoms with Crippen LogP contribution in [0.5, 0.6) is 11.5 Å². The van der Waals surface area contributed by atoms with Gasteiger partial charge < -0.3 is 14.7 Å². The third kappa shape index (κ3) is 5.03. The van der Waals surface area contributed by atoms with E-state index in [0.717, 1.165) is 17.2 Å². The summed E-state index contributed by atoms with van der Waals surface area (Å²) in [5.74, 6) is 0.558. The molecule has 1 N–H and O–H groups in total. The maximum atomic E-state index is 13.0. The Labute approximate surface area is 168 Å². The molecule has 1 heterocycles. The molecule has 1 aliphatic heterocycles. The number of nitrogens with zero attached hydrogens (tertiary/aromatic N) is 2. The molecular formula is C22H25F3N2O2. The van der Waals surface area contributed by atoms with Crippen LogP contribution in [0.3, 0.4) is 0 Å². The first-order chi connectivity index (χ1) is 13.8. The highest BCUT2D eigenvalue weighted by molar-refractivity contribution is 5.50. The molecule has 0 unspecified atom stereocenters. The zero-order chi connectivity index (χ0) is 21.0. The molecule has 0 spiro atoms. The summed E-state index contributed by atoms with van der Waals surface area (Å²) in [6.07, 6.45) is -1.87. The summed E-state index contributed by atoms with van der Waals surface area (Å²) in [4.78, 5) is 4.14. The van der Waals surface area contributed by atoms with Gasteiger partial charge in [0, 0.05) is 44.0 Å². The number of piperazine rings is 1. The maximum absolute atomic E-state index is 13.0. The molecule has 1 saturated heterocycles. The second-order valence-electron chi connectivity index (χ2n) is 7.11. The van der Waals surface area contributed by atoms with Crippen molar-refractivity contribution >= 4 is 5.69 Å². The van der Waals surface area contributed by atoms with Crippen LogP contribution < -0.4 is 9.64 Å². The fourth-order valence-electron chi connectivity index (χ4n) is 3.57. The Kier molecular flexibility index (Phi) is 6.37. The second kappa shape index (κ2) is 8.78. The molecule has 0 aliphatic carbocycles. The van der Waals surface area contributed by atoms with Crippen LogP contribution >= 0.6 is 0 Å². The van der Waals surface area contributed by atoms with Gasteiger partial charge in [-0.05, 0) is 36.2 Å². The van der Waals surface area contributed by atoms with Crippen molar-refractivity contribution in [3.05, 3.63) is 65.7 Å². The highest BCUT2D eigenvalue weighted by Crippen LogP contribution is 2.34. The monoisotopic (exact) mass is 406 g/mol. The van der Waals surface area contributed by atoms with E-state index in [4.69, 9.17) is 4.74 Å². The van der Waals surface area contributed by atoms with E-state index < -0.39 is 11.7 Å². The minimum absolute atomic E-state index is 0.126. The van der Waals surface area contributed by atoms with Crippen LogP contribution in [0.2, 0.25) is 0 Å². The van der Waals surface area contributed by atoms with E-state index in [1.54, 1.807) is 18.2 Å². The lowest BCUT2D eigenvalue weighted by molar-refractivity contribution is -0.137. The molecule has 156 valence electrons. The number of aromatic hydroxyl groups is 1. The number of halogens is 3. The van der Waals surface area contributed by atoms with E-state index in [2.05, 4.69) is 11.5 Å². The molecule has 2 aromatic rings. The SMILES string of the molecule is C=CCc1cc(CN2CCN(c3cccc(C(F)(F)F)c3)CC2)c(O)c(OC)c1. The summed E-state index contributed by atoms with van der Waals surface area (Å²) < 4.78 is 44.2. The van der Waals surface area contributed by atoms with Gasteiger partial charge in [-0.1, -0.05) is 18.2 Å². The summed E-state index contributed by atoms with van der Waals surface area (Å²) in [6, 6.07) is 9.18. The van der Waals surface area contributed by atoms with Gasteiger partial charge in [0.1, 0.15) is 0 Å². The van der Waals surface area contributed by atoms with E-state index in [1.807, 2.05) is 11.0 Å². The standard InChI is InChI=1S/C22H25F3N2O2/c1-3-5-16-12-17(21(28)20(13-16)29-2)15-26-8-10-27(11-9-26)19-7-4-6-18(14-19)22(23,24)25/h3-4,6-7,12-14,28H,1,5,8-11,15H2,2H3. The molecule has 0 aromatic heterocycles. The topological polar surface area (TPSA) is 35.9 Å². The first kappa shape index (κ1) is 21.0. The van der Waals surface area contributed by atoms with E-state index in [0.29, 0.717) is 50.6 Å². The number of hydrogen-bond acceptors (Lipinski definition) is 4. The van der Waals surface area contributed by atoms with Crippen LogP contribution in [0.25, 0.3) is 0 Å². The van der Waals surface area contributed by atoms with Gasteiger partial charge in [0.05, 0.1) is 12.7 Å². The van der Waals surface area contributed by atoms with Crippen LogP contribution in [0.15, 0.2) is 49.1 Å². The van der Waals surface area contributed by atoms with Crippen molar-refractivity contribution in [1.29, 1.82) is 0 Å². The average molecular weight is 406 g/mol. The summed E-state index contributed by atoms with van der Waals surface area (Å²) in [5.41, 5.74) is 1.73. The maximum Gasteiger partial charge on any atom is 0.416 e. The van der Waals surface area contributed by atoms with Gasteiger partial charge in [-0.2, -0.15) is 13.2 Å². The van der Waals surface area contributed by atoms with Gasteiger partial charge in [-0.3, -0.25) is 4.90 Å². The van der Waals surface area contributed by atoms with Crippen molar-refractivity contribution in [2.75, 3.05) is 38.2 Å². The Morgan fingerprint density at radius 2 is 1.86 bits per heavy atom. The lowest BCUT2D eigenvalue weighted by Gasteiger charge is -2.36. The molecule has 0 radical (unpaired) electrons. The van der Waals surface area contributed by atoms with Crippen molar-refractivity contribution in [1.82, 2.24) is 4.90 Å². The number of hydrogen-bond donors (Lipinski definition) is 1. The predicted molar refractivity (Wildman–Crippen MR) is 107 cm³/mol. The summed E-state index contributed by atoms with van der Waals surface area (Å²) >= 11 is 0. The number of phenols is 1. The number of benzene rings is 2. The highest BCUT2D eigenvalue weighted by atomic mass is 19.4. The molecule has 1 aliphatic rings. The molecule has 7 heteroatoms. The fourth-order valence-corrected chi connectivity index (χ4v) is 3.57. The molecule has 2 aromatic carbocycles. The highest BCUT2D eigenvalue weighted by Gasteiger charge is 2.31. The van der Waals surface area contributed by atoms with Gasteiger partial charge in [-0.15, -0.1) is 6.58 Å². The van der Waals surface area contributed by atoms with Crippen molar-refractivity contribution in [3.63, 3.8) is 0 Å². The second-order valence-corrected chi connectivity index (χ2v) is 7.11. The Balaban J connectivity index is 1.68. The lowest BCUT2D eigenvalue weighted by atomic mass is 10.0. The first-order valence-corrected chi connectivity index (χ1v) is 9.46. The molecule has 0 saturated carbocycles. The first-order valence-electron chi connectivity index (χ1n) is 9.46. The fraction of sp³-hybridized carbons (Fsp3) is 0.364. The third-order valence-corrected chi connectivity index (χ3v) is 5.12. The Morgan fingerprint density at radius 1 is 1.14 bits per heavy atom. The Morgan fingerprint density at radius 3 is 2.48 bits per heavy atom. The van der Waals surface area contributed by atoms with Gasteiger partial charge in [0.2, 0.25) is 0 Å². The van der Waals surface area contributed by atoms with E-state index >= 15 is 0 Å². The van der Waals surface area contributed by atoms with Crippen LogP contribution in [0.4, 0.5) is 18.9 Å². The van der Waals surface area contributed by atoms with Crippen molar-refractivity contribution in [3.8, 4) is 11.5 Å². The Hall–Kier alpha value is -2.67. The average Bonchev–Trinajstić information content (AvgIpc) is 2.70. The molecule has 29 heavy (non-hydrogen) atoms. The summed E-state index contributed by atoms with van der Waals surface area (Å²) in [6.45, 7) is 6.89. The van der Waals surface area contributed by atoms with Crippen LogP contribution in [0, 0.1) is 0 Å². The number of ether oxygens (including phenoxy) is 1. The summed E-state index contributed by atoms with van der Waals surface area (Å²) in [7, 11) is 1.52. The van der Waals surface area contributed by atoms with Crippen molar-refractivity contribution in [2.24, 2.45) is 0 Å². The Bertz CT molecular complexity index is 860. The minimum Gasteiger partial charge on any atom is -0.504 e. The molecule has 0 atom stereocenters. The number of phenolic OH excluding ortho intramolecular Hbond substituents is 1. The van der Waals surface area contributed by atoms with E-state index in [9.17, 15) is 18.3 Å². The van der Waals surface area contributed by atoms with Crippen LogP contribution in [-0.4, -0.2) is 43.3 Å². The molecular weight excluding hydrogens is 381 g/mol.